The molecule has 0 fully saturated rings. The quantitative estimate of drug-likeness (QED) is 0.183. The summed E-state index contributed by atoms with van der Waals surface area (Å²) in [5.41, 5.74) is 4.63. The first kappa shape index (κ1) is 26.8. The van der Waals surface area contributed by atoms with Gasteiger partial charge in [-0.3, -0.25) is 4.79 Å². The van der Waals surface area contributed by atoms with Crippen LogP contribution in [0.3, 0.4) is 0 Å². The molecular weight excluding hydrogens is 528 g/mol. The van der Waals surface area contributed by atoms with Crippen LogP contribution in [-0.4, -0.2) is 18.7 Å². The van der Waals surface area contributed by atoms with Crippen molar-refractivity contribution in [3.8, 4) is 11.5 Å². The summed E-state index contributed by atoms with van der Waals surface area (Å²) in [4.78, 5) is 19.5. The zero-order valence-corrected chi connectivity index (χ0v) is 23.9. The highest BCUT2D eigenvalue weighted by Gasteiger charge is 2.25. The summed E-state index contributed by atoms with van der Waals surface area (Å²) >= 11 is 1.63. The summed E-state index contributed by atoms with van der Waals surface area (Å²) in [6.45, 7) is 2.92. The summed E-state index contributed by atoms with van der Waals surface area (Å²) in [5, 5.41) is 6.19. The molecule has 1 aromatic heterocycles. The summed E-state index contributed by atoms with van der Waals surface area (Å²) in [6.07, 6.45) is 5.97. The predicted molar refractivity (Wildman–Crippen MR) is 169 cm³/mol. The van der Waals surface area contributed by atoms with Gasteiger partial charge in [0.25, 0.3) is 5.91 Å². The smallest absolute Gasteiger partial charge is 0.259 e. The van der Waals surface area contributed by atoms with Gasteiger partial charge in [-0.15, -0.1) is 11.3 Å². The topological polar surface area (TPSA) is 59.9 Å². The minimum atomic E-state index is -0.102. The van der Waals surface area contributed by atoms with Crippen LogP contribution < -0.4 is 14.8 Å². The normalized spacial score (nSPS) is 12.8. The second kappa shape index (κ2) is 12.4. The average molecular weight is 561 g/mol. The predicted octanol–water partition coefficient (Wildman–Crippen LogP) is 8.76. The molecule has 6 rings (SSSR count). The molecule has 206 valence electrons. The Morgan fingerprint density at radius 3 is 2.59 bits per heavy atom. The molecule has 4 aromatic carbocycles. The number of anilines is 1. The molecule has 1 amide bonds. The Bertz CT molecular complexity index is 1700. The summed E-state index contributed by atoms with van der Waals surface area (Å²) < 4.78 is 12.2. The number of carbonyl (C=O) groups excluding carboxylic acids is 1. The van der Waals surface area contributed by atoms with E-state index >= 15 is 0 Å². The number of nitrogens with one attached hydrogen (secondary N) is 1. The van der Waals surface area contributed by atoms with E-state index in [1.54, 1.807) is 11.3 Å². The van der Waals surface area contributed by atoms with Crippen LogP contribution >= 0.6 is 11.3 Å². The third-order valence-electron chi connectivity index (χ3n) is 7.27. The molecule has 0 aliphatic heterocycles. The largest absolute Gasteiger partial charge is 0.490 e. The molecule has 0 unspecified atom stereocenters. The number of hydrogen-bond acceptors (Lipinski definition) is 5. The third-order valence-corrected chi connectivity index (χ3v) is 8.47. The highest BCUT2D eigenvalue weighted by molar-refractivity contribution is 7.16. The van der Waals surface area contributed by atoms with Crippen molar-refractivity contribution in [2.24, 2.45) is 4.99 Å². The fourth-order valence-corrected chi connectivity index (χ4v) is 6.52. The van der Waals surface area contributed by atoms with Gasteiger partial charge in [0.2, 0.25) is 0 Å². The number of carbonyl (C=O) groups is 1. The highest BCUT2D eigenvalue weighted by atomic mass is 32.1. The molecular formula is C35H32N2O3S. The number of fused-ring (bicyclic) bond motifs is 2. The number of nitrogens with zero attached hydrogens (tertiary/aromatic N) is 1. The lowest BCUT2D eigenvalue weighted by Crippen LogP contribution is -2.14. The van der Waals surface area contributed by atoms with Crippen LogP contribution in [0.4, 0.5) is 10.7 Å². The number of aryl methyl sites for hydroxylation is 1. The van der Waals surface area contributed by atoms with E-state index in [2.05, 4.69) is 35.6 Å². The molecule has 5 aromatic rings. The first-order chi connectivity index (χ1) is 20.2. The van der Waals surface area contributed by atoms with E-state index < -0.39 is 0 Å². The van der Waals surface area contributed by atoms with Crippen LogP contribution in [0.25, 0.3) is 10.8 Å². The maximum absolute atomic E-state index is 13.4. The minimum absolute atomic E-state index is 0.102. The van der Waals surface area contributed by atoms with E-state index in [-0.39, 0.29) is 5.91 Å². The molecule has 1 N–H and O–H groups in total. The van der Waals surface area contributed by atoms with Crippen molar-refractivity contribution in [3.63, 3.8) is 0 Å². The van der Waals surface area contributed by atoms with Gasteiger partial charge in [0.1, 0.15) is 11.6 Å². The van der Waals surface area contributed by atoms with Crippen LogP contribution in [0.2, 0.25) is 0 Å². The van der Waals surface area contributed by atoms with Gasteiger partial charge in [-0.05, 0) is 90.4 Å². The van der Waals surface area contributed by atoms with Crippen LogP contribution in [0, 0.1) is 0 Å². The van der Waals surface area contributed by atoms with Gasteiger partial charge < -0.3 is 14.8 Å². The number of benzene rings is 4. The van der Waals surface area contributed by atoms with Crippen LogP contribution in [-0.2, 0) is 19.4 Å². The molecule has 0 spiro atoms. The van der Waals surface area contributed by atoms with Gasteiger partial charge in [0.15, 0.2) is 11.5 Å². The van der Waals surface area contributed by atoms with Crippen LogP contribution in [0.1, 0.15) is 51.7 Å². The molecule has 41 heavy (non-hydrogen) atoms. The number of aliphatic imine (C=N–C) groups is 1. The van der Waals surface area contributed by atoms with Gasteiger partial charge in [-0.2, -0.15) is 0 Å². The number of amides is 1. The lowest BCUT2D eigenvalue weighted by Gasteiger charge is -2.14. The van der Waals surface area contributed by atoms with Crippen molar-refractivity contribution in [2.75, 3.05) is 11.9 Å². The van der Waals surface area contributed by atoms with Crippen molar-refractivity contribution < 1.29 is 14.3 Å². The molecule has 0 bridgehead atoms. The van der Waals surface area contributed by atoms with E-state index in [9.17, 15) is 4.79 Å². The van der Waals surface area contributed by atoms with Crippen LogP contribution in [0.5, 0.6) is 11.5 Å². The third kappa shape index (κ3) is 6.03. The second-order valence-corrected chi connectivity index (χ2v) is 11.1. The SMILES string of the molecule is CCOc1cc(C=Nc2sc3c(c2C(=O)Nc2ccccc2)CCCC3)ccc1OCc1cccc2ccccc12. The van der Waals surface area contributed by atoms with E-state index in [0.717, 1.165) is 53.1 Å². The average Bonchev–Trinajstić information content (AvgIpc) is 3.39. The number of rotatable bonds is 9. The number of hydrogen-bond donors (Lipinski definition) is 1. The Balaban J connectivity index is 1.25. The highest BCUT2D eigenvalue weighted by Crippen LogP contribution is 2.40. The Morgan fingerprint density at radius 1 is 0.902 bits per heavy atom. The van der Waals surface area contributed by atoms with Crippen molar-refractivity contribution >= 4 is 44.9 Å². The zero-order chi connectivity index (χ0) is 28.0. The van der Waals surface area contributed by atoms with E-state index in [4.69, 9.17) is 14.5 Å². The Hall–Kier alpha value is -4.42. The summed E-state index contributed by atoms with van der Waals surface area (Å²) in [6, 6.07) is 30.0. The molecule has 5 nitrogen and oxygen atoms in total. The fraction of sp³-hybridized carbons (Fsp3) is 0.200. The standard InChI is InChI=1S/C35H32N2O3S/c1-2-39-31-21-24(19-20-30(31)40-23-26-13-10-12-25-11-6-7-16-28(25)26)22-36-35-33(29-17-8-9-18-32(29)41-35)34(38)37-27-14-4-3-5-15-27/h3-7,10-16,19-22H,2,8-9,17-18,23H2,1H3,(H,37,38). The van der Waals surface area contributed by atoms with Crippen molar-refractivity contribution in [1.29, 1.82) is 0 Å². The molecule has 0 saturated carbocycles. The molecule has 1 aliphatic rings. The summed E-state index contributed by atoms with van der Waals surface area (Å²) in [5.74, 6) is 1.26. The first-order valence-corrected chi connectivity index (χ1v) is 14.9. The minimum Gasteiger partial charge on any atom is -0.490 e. The zero-order valence-electron chi connectivity index (χ0n) is 23.1. The lowest BCUT2D eigenvalue weighted by molar-refractivity contribution is 0.102. The molecule has 0 saturated heterocycles. The Kier molecular flexibility index (Phi) is 8.10. The number of ether oxygens (including phenoxy) is 2. The van der Waals surface area contributed by atoms with Crippen molar-refractivity contribution in [1.82, 2.24) is 0 Å². The van der Waals surface area contributed by atoms with E-state index in [1.807, 2.05) is 73.8 Å². The van der Waals surface area contributed by atoms with Gasteiger partial charge in [-0.1, -0.05) is 60.7 Å². The Morgan fingerprint density at radius 2 is 1.71 bits per heavy atom. The van der Waals surface area contributed by atoms with Gasteiger partial charge >= 0.3 is 0 Å². The summed E-state index contributed by atoms with van der Waals surface area (Å²) in [7, 11) is 0. The van der Waals surface area contributed by atoms with Crippen molar-refractivity contribution in [2.45, 2.75) is 39.2 Å². The molecule has 0 radical (unpaired) electrons. The molecule has 1 heterocycles. The second-order valence-electron chi connectivity index (χ2n) is 10.0. The van der Waals surface area contributed by atoms with Gasteiger partial charge in [0, 0.05) is 16.8 Å². The maximum atomic E-state index is 13.4. The monoisotopic (exact) mass is 560 g/mol. The fourth-order valence-electron chi connectivity index (χ4n) is 5.29. The van der Waals surface area contributed by atoms with Crippen molar-refractivity contribution in [3.05, 3.63) is 118 Å². The van der Waals surface area contributed by atoms with E-state index in [0.29, 0.717) is 30.3 Å². The Labute approximate surface area is 244 Å². The maximum Gasteiger partial charge on any atom is 0.259 e. The van der Waals surface area contributed by atoms with E-state index in [1.165, 1.54) is 15.6 Å². The molecule has 1 aliphatic carbocycles. The van der Waals surface area contributed by atoms with Gasteiger partial charge in [-0.25, -0.2) is 4.99 Å². The van der Waals surface area contributed by atoms with Gasteiger partial charge in [0.05, 0.1) is 12.2 Å². The number of thiophene rings is 1. The molecule has 0 atom stereocenters. The van der Waals surface area contributed by atoms with Crippen LogP contribution in [0.15, 0.2) is 96.0 Å². The first-order valence-electron chi connectivity index (χ1n) is 14.1. The number of para-hydroxylation sites is 1. The lowest BCUT2D eigenvalue weighted by atomic mass is 9.95. The molecule has 6 heteroatoms.